The molecular weight excluding hydrogens is 829 g/mol. The standard InChI is InChI=1S/2C21H25N3O2S.C4H4O4/c2*25-14-16-26-15-13-23-9-11-24(12-10-23)21-17-5-1-3-7-19(17)27-20-8-4-2-6-18(20)22-21;5-3(6)1-2-4(7)8/h2*1-8,25H,9-16H2;1-2H,(H,5,6)(H,7,8)/b;;2-1-. The molecule has 8 rings (SSSR count). The maximum Gasteiger partial charge on any atom is 0.328 e. The molecule has 2 fully saturated rings. The van der Waals surface area contributed by atoms with Crippen LogP contribution in [0.5, 0.6) is 0 Å². The van der Waals surface area contributed by atoms with Gasteiger partial charge in [-0.3, -0.25) is 9.80 Å². The third-order valence-corrected chi connectivity index (χ3v) is 12.4. The van der Waals surface area contributed by atoms with Crippen LogP contribution < -0.4 is 0 Å². The lowest BCUT2D eigenvalue weighted by atomic mass is 10.1. The zero-order valence-electron chi connectivity index (χ0n) is 34.6. The molecule has 0 bridgehead atoms. The predicted molar refractivity (Wildman–Crippen MR) is 243 cm³/mol. The van der Waals surface area contributed by atoms with Crippen molar-refractivity contribution in [3.63, 3.8) is 0 Å². The Morgan fingerprint density at radius 1 is 0.516 bits per heavy atom. The van der Waals surface area contributed by atoms with Crippen molar-refractivity contribution >= 4 is 58.5 Å². The molecule has 0 aromatic heterocycles. The SMILES string of the molecule is O=C(O)/C=C\C(=O)O.OCCOCCN1CCN(C2=Nc3ccccc3Sc3ccccc32)CC1.OCCOCCN1CCN(C2=Nc3ccccc3Sc3ccccc32)CC1. The largest absolute Gasteiger partial charge is 0.478 e. The van der Waals surface area contributed by atoms with Gasteiger partial charge in [0.2, 0.25) is 0 Å². The topological polar surface area (TPSA) is 171 Å². The Kier molecular flexibility index (Phi) is 18.4. The molecule has 4 aromatic carbocycles. The number of nitrogens with zero attached hydrogens (tertiary/aromatic N) is 6. The number of aliphatic hydroxyl groups is 2. The zero-order valence-corrected chi connectivity index (χ0v) is 36.3. The number of piperazine rings is 2. The van der Waals surface area contributed by atoms with Gasteiger partial charge >= 0.3 is 11.9 Å². The Balaban J connectivity index is 0.000000176. The maximum atomic E-state index is 9.55. The zero-order chi connectivity index (χ0) is 43.5. The van der Waals surface area contributed by atoms with Gasteiger partial charge in [0, 0.05) is 108 Å². The molecule has 14 nitrogen and oxygen atoms in total. The molecule has 0 atom stereocenters. The van der Waals surface area contributed by atoms with Gasteiger partial charge in [-0.25, -0.2) is 19.6 Å². The van der Waals surface area contributed by atoms with Gasteiger partial charge in [-0.15, -0.1) is 0 Å². The minimum atomic E-state index is -1.26. The molecule has 16 heteroatoms. The van der Waals surface area contributed by atoms with Crippen molar-refractivity contribution in [2.24, 2.45) is 9.98 Å². The first-order chi connectivity index (χ1) is 30.3. The second kappa shape index (κ2) is 24.6. The number of hydrogen-bond acceptors (Lipinski definition) is 14. The Bertz CT molecular complexity index is 2020. The highest BCUT2D eigenvalue weighted by atomic mass is 32.2. The van der Waals surface area contributed by atoms with E-state index < -0.39 is 11.9 Å². The van der Waals surface area contributed by atoms with Crippen LogP contribution in [0, 0.1) is 0 Å². The fourth-order valence-electron chi connectivity index (χ4n) is 7.05. The number of carbonyl (C=O) groups is 2. The number of fused-ring (bicyclic) bond motifs is 4. The molecule has 4 aliphatic heterocycles. The molecule has 0 amide bonds. The Labute approximate surface area is 371 Å². The highest BCUT2D eigenvalue weighted by molar-refractivity contribution is 7.99. The lowest BCUT2D eigenvalue weighted by Gasteiger charge is -2.36. The van der Waals surface area contributed by atoms with Crippen LogP contribution in [-0.2, 0) is 19.1 Å². The quantitative estimate of drug-likeness (QED) is 0.105. The van der Waals surface area contributed by atoms with Crippen LogP contribution >= 0.6 is 23.5 Å². The van der Waals surface area contributed by atoms with E-state index in [-0.39, 0.29) is 13.2 Å². The Morgan fingerprint density at radius 3 is 1.24 bits per heavy atom. The number of hydrogen-bond donors (Lipinski definition) is 4. The van der Waals surface area contributed by atoms with E-state index in [4.69, 9.17) is 39.9 Å². The summed E-state index contributed by atoms with van der Waals surface area (Å²) in [6.07, 6.45) is 1.12. The summed E-state index contributed by atoms with van der Waals surface area (Å²) in [6.45, 7) is 12.0. The van der Waals surface area contributed by atoms with Crippen molar-refractivity contribution < 1.29 is 39.5 Å². The van der Waals surface area contributed by atoms with Crippen molar-refractivity contribution in [2.45, 2.75) is 19.6 Å². The van der Waals surface area contributed by atoms with Crippen LogP contribution in [0.3, 0.4) is 0 Å². The Morgan fingerprint density at radius 2 is 0.871 bits per heavy atom. The van der Waals surface area contributed by atoms with Crippen LogP contribution in [0.15, 0.2) is 139 Å². The summed E-state index contributed by atoms with van der Waals surface area (Å²) in [4.78, 5) is 43.8. The average molecular weight is 883 g/mol. The minimum Gasteiger partial charge on any atom is -0.478 e. The molecule has 0 unspecified atom stereocenters. The fourth-order valence-corrected chi connectivity index (χ4v) is 9.09. The van der Waals surface area contributed by atoms with Crippen LogP contribution in [0.2, 0.25) is 0 Å². The number of benzene rings is 4. The van der Waals surface area contributed by atoms with E-state index in [1.807, 2.05) is 0 Å². The minimum absolute atomic E-state index is 0.0898. The summed E-state index contributed by atoms with van der Waals surface area (Å²) < 4.78 is 10.8. The third-order valence-electron chi connectivity index (χ3n) is 10.2. The van der Waals surface area contributed by atoms with Crippen LogP contribution in [0.1, 0.15) is 11.1 Å². The van der Waals surface area contributed by atoms with E-state index in [9.17, 15) is 9.59 Å². The monoisotopic (exact) mass is 882 g/mol. The van der Waals surface area contributed by atoms with E-state index in [1.54, 1.807) is 23.5 Å². The molecule has 0 aliphatic carbocycles. The van der Waals surface area contributed by atoms with E-state index in [1.165, 1.54) is 30.7 Å². The molecule has 0 saturated carbocycles. The smallest absolute Gasteiger partial charge is 0.328 e. The van der Waals surface area contributed by atoms with E-state index in [0.717, 1.165) is 88.5 Å². The third kappa shape index (κ3) is 13.7. The molecule has 0 spiro atoms. The molecular formula is C46H54N6O8S2. The fraction of sp³-hybridized carbons (Fsp3) is 0.348. The number of para-hydroxylation sites is 2. The average Bonchev–Trinajstić information content (AvgIpc) is 3.58. The van der Waals surface area contributed by atoms with Gasteiger partial charge in [0.25, 0.3) is 0 Å². The molecule has 4 aliphatic rings. The second-order valence-corrected chi connectivity index (χ2v) is 16.5. The van der Waals surface area contributed by atoms with Gasteiger partial charge in [0.05, 0.1) is 51.0 Å². The molecule has 4 N–H and O–H groups in total. The number of aliphatic hydroxyl groups excluding tert-OH is 2. The number of aliphatic carboxylic acids is 2. The van der Waals surface area contributed by atoms with Crippen LogP contribution in [-0.4, -0.2) is 169 Å². The van der Waals surface area contributed by atoms with Gasteiger partial charge in [0.15, 0.2) is 0 Å². The lowest BCUT2D eigenvalue weighted by Crippen LogP contribution is -2.49. The molecule has 2 saturated heterocycles. The first-order valence-corrected chi connectivity index (χ1v) is 22.3. The maximum absolute atomic E-state index is 9.55. The first kappa shape index (κ1) is 46.5. The van der Waals surface area contributed by atoms with Gasteiger partial charge in [0.1, 0.15) is 11.7 Å². The van der Waals surface area contributed by atoms with E-state index in [0.29, 0.717) is 38.6 Å². The van der Waals surface area contributed by atoms with Gasteiger partial charge in [-0.05, 0) is 36.4 Å². The summed E-state index contributed by atoms with van der Waals surface area (Å²) in [5, 5.41) is 33.2. The van der Waals surface area contributed by atoms with Crippen LogP contribution in [0.4, 0.5) is 11.4 Å². The molecule has 0 radical (unpaired) electrons. The number of amidine groups is 2. The predicted octanol–water partition coefficient (Wildman–Crippen LogP) is 5.42. The highest BCUT2D eigenvalue weighted by Gasteiger charge is 2.26. The van der Waals surface area contributed by atoms with E-state index >= 15 is 0 Å². The molecule has 4 heterocycles. The number of aliphatic imine (C=N–C) groups is 2. The van der Waals surface area contributed by atoms with Crippen molar-refractivity contribution in [2.75, 3.05) is 105 Å². The summed E-state index contributed by atoms with van der Waals surface area (Å²) >= 11 is 3.60. The number of carboxylic acid groups (broad SMARTS) is 2. The number of ether oxygens (including phenoxy) is 2. The molecule has 328 valence electrons. The van der Waals surface area contributed by atoms with Gasteiger partial charge in [-0.1, -0.05) is 84.2 Å². The summed E-state index contributed by atoms with van der Waals surface area (Å²) in [7, 11) is 0. The molecule has 4 aromatic rings. The number of carboxylic acids is 2. The first-order valence-electron chi connectivity index (χ1n) is 20.7. The van der Waals surface area contributed by atoms with Crippen molar-refractivity contribution in [3.05, 3.63) is 120 Å². The Hall–Kier alpha value is -5.04. The lowest BCUT2D eigenvalue weighted by molar-refractivity contribution is -0.134. The summed E-state index contributed by atoms with van der Waals surface area (Å²) in [6, 6.07) is 33.9. The summed E-state index contributed by atoms with van der Waals surface area (Å²) in [5.74, 6) is -0.349. The van der Waals surface area contributed by atoms with Crippen molar-refractivity contribution in [1.29, 1.82) is 0 Å². The normalized spacial score (nSPS) is 16.1. The van der Waals surface area contributed by atoms with Crippen molar-refractivity contribution in [1.82, 2.24) is 19.6 Å². The molecule has 62 heavy (non-hydrogen) atoms. The number of rotatable bonds is 12. The van der Waals surface area contributed by atoms with Crippen LogP contribution in [0.25, 0.3) is 0 Å². The van der Waals surface area contributed by atoms with E-state index in [2.05, 4.69) is 117 Å². The highest BCUT2D eigenvalue weighted by Crippen LogP contribution is 2.42. The van der Waals surface area contributed by atoms with Gasteiger partial charge < -0.3 is 39.7 Å². The second-order valence-electron chi connectivity index (χ2n) is 14.3. The van der Waals surface area contributed by atoms with Gasteiger partial charge in [-0.2, -0.15) is 0 Å². The summed E-state index contributed by atoms with van der Waals surface area (Å²) in [5.41, 5.74) is 4.54. The van der Waals surface area contributed by atoms with Crippen molar-refractivity contribution in [3.8, 4) is 0 Å².